The summed E-state index contributed by atoms with van der Waals surface area (Å²) in [5, 5.41) is 0. The van der Waals surface area contributed by atoms with Crippen LogP contribution in [-0.2, 0) is 6.42 Å². The lowest BCUT2D eigenvalue weighted by atomic mass is 10.1. The second-order valence-corrected chi connectivity index (χ2v) is 5.17. The van der Waals surface area contributed by atoms with Crippen molar-refractivity contribution >= 4 is 15.9 Å². The molecule has 0 aliphatic carbocycles. The molecule has 1 rings (SSSR count). The Morgan fingerprint density at radius 3 is 2.53 bits per heavy atom. The minimum atomic E-state index is 0.514. The second kappa shape index (κ2) is 5.96. The van der Waals surface area contributed by atoms with E-state index < -0.39 is 0 Å². The number of likely N-dealkylation sites (N-methyl/N-ethyl adjacent to an activating group) is 1. The highest BCUT2D eigenvalue weighted by Crippen LogP contribution is 2.10. The van der Waals surface area contributed by atoms with Crippen molar-refractivity contribution in [3.8, 4) is 0 Å². The fraction of sp³-hybridized carbons (Fsp3) is 0.385. The first-order chi connectivity index (χ1) is 7.09. The van der Waals surface area contributed by atoms with E-state index in [0.717, 1.165) is 10.9 Å². The highest BCUT2D eigenvalue weighted by molar-refractivity contribution is 9.11. The van der Waals surface area contributed by atoms with Crippen LogP contribution in [0.1, 0.15) is 19.4 Å². The van der Waals surface area contributed by atoms with Gasteiger partial charge in [0.15, 0.2) is 0 Å². The van der Waals surface area contributed by atoms with Crippen LogP contribution in [0.3, 0.4) is 0 Å². The summed E-state index contributed by atoms with van der Waals surface area (Å²) in [5.74, 6) is 0. The van der Waals surface area contributed by atoms with Gasteiger partial charge in [0.1, 0.15) is 0 Å². The minimum Gasteiger partial charge on any atom is -0.377 e. The van der Waals surface area contributed by atoms with E-state index in [-0.39, 0.29) is 0 Å². The molecule has 1 atom stereocenters. The van der Waals surface area contributed by atoms with Gasteiger partial charge < -0.3 is 4.90 Å². The van der Waals surface area contributed by atoms with Gasteiger partial charge in [-0.25, -0.2) is 0 Å². The Balaban J connectivity index is 2.56. The maximum absolute atomic E-state index is 3.45. The predicted octanol–water partition coefficient (Wildman–Crippen LogP) is 3.81. The maximum atomic E-state index is 3.45. The largest absolute Gasteiger partial charge is 0.377 e. The lowest BCUT2D eigenvalue weighted by Gasteiger charge is -2.23. The fourth-order valence-electron chi connectivity index (χ4n) is 1.51. The van der Waals surface area contributed by atoms with E-state index in [1.165, 1.54) is 5.56 Å². The molecule has 1 unspecified atom stereocenters. The van der Waals surface area contributed by atoms with Gasteiger partial charge in [-0.15, -0.1) is 0 Å². The third-order valence-electron chi connectivity index (χ3n) is 2.45. The van der Waals surface area contributed by atoms with E-state index in [9.17, 15) is 0 Å². The molecule has 0 N–H and O–H groups in total. The first-order valence-electron chi connectivity index (χ1n) is 5.19. The summed E-state index contributed by atoms with van der Waals surface area (Å²) < 4.78 is 1.16. The summed E-state index contributed by atoms with van der Waals surface area (Å²) in [4.78, 5) is 2.23. The van der Waals surface area contributed by atoms with Crippen LogP contribution in [0.25, 0.3) is 0 Å². The third kappa shape index (κ3) is 4.52. The smallest absolute Gasteiger partial charge is 0.0293 e. The monoisotopic (exact) mass is 267 g/mol. The van der Waals surface area contributed by atoms with Crippen LogP contribution in [0, 0.1) is 0 Å². The van der Waals surface area contributed by atoms with Gasteiger partial charge >= 0.3 is 0 Å². The van der Waals surface area contributed by atoms with Crippen molar-refractivity contribution in [1.29, 1.82) is 0 Å². The molecule has 0 spiro atoms. The van der Waals surface area contributed by atoms with Crippen molar-refractivity contribution in [2.45, 2.75) is 26.3 Å². The van der Waals surface area contributed by atoms with Gasteiger partial charge in [-0.2, -0.15) is 0 Å². The molecule has 0 bridgehead atoms. The molecular weight excluding hydrogens is 250 g/mol. The third-order valence-corrected chi connectivity index (χ3v) is 2.66. The Bertz CT molecular complexity index is 315. The number of halogens is 1. The molecule has 82 valence electrons. The molecule has 0 radical (unpaired) electrons. The van der Waals surface area contributed by atoms with Crippen LogP contribution in [0.5, 0.6) is 0 Å². The van der Waals surface area contributed by atoms with Crippen LogP contribution in [0.4, 0.5) is 0 Å². The maximum Gasteiger partial charge on any atom is 0.0293 e. The van der Waals surface area contributed by atoms with E-state index in [2.05, 4.69) is 71.3 Å². The Labute approximate surface area is 101 Å². The molecule has 0 amide bonds. The molecule has 1 nitrogen and oxygen atoms in total. The normalized spacial score (nSPS) is 13.7. The average Bonchev–Trinajstić information content (AvgIpc) is 2.18. The van der Waals surface area contributed by atoms with Crippen molar-refractivity contribution in [3.05, 3.63) is 46.6 Å². The lowest BCUT2D eigenvalue weighted by Crippen LogP contribution is -2.26. The highest BCUT2D eigenvalue weighted by Gasteiger charge is 2.06. The van der Waals surface area contributed by atoms with E-state index in [0.29, 0.717) is 6.04 Å². The van der Waals surface area contributed by atoms with Crippen molar-refractivity contribution in [3.63, 3.8) is 0 Å². The summed E-state index contributed by atoms with van der Waals surface area (Å²) >= 11 is 3.45. The van der Waals surface area contributed by atoms with Crippen molar-refractivity contribution in [1.82, 2.24) is 4.90 Å². The standard InChI is InChI=1S/C13H18BrN/c1-11(14)10-15(3)12(2)9-13-7-5-4-6-8-13/h4-8,10,12H,9H2,1-3H3. The van der Waals surface area contributed by atoms with Gasteiger partial charge in [0.2, 0.25) is 0 Å². The molecule has 15 heavy (non-hydrogen) atoms. The Hall–Kier alpha value is -0.760. The molecule has 0 fully saturated rings. The quantitative estimate of drug-likeness (QED) is 0.802. The zero-order chi connectivity index (χ0) is 11.3. The highest BCUT2D eigenvalue weighted by atomic mass is 79.9. The fourth-order valence-corrected chi connectivity index (χ4v) is 1.83. The Morgan fingerprint density at radius 2 is 2.00 bits per heavy atom. The first-order valence-corrected chi connectivity index (χ1v) is 5.98. The summed E-state index contributed by atoms with van der Waals surface area (Å²) in [6.07, 6.45) is 3.20. The summed E-state index contributed by atoms with van der Waals surface area (Å²) in [5.41, 5.74) is 1.39. The molecular formula is C13H18BrN. The molecule has 0 heterocycles. The summed E-state index contributed by atoms with van der Waals surface area (Å²) in [6.45, 7) is 4.28. The SMILES string of the molecule is CC(Br)=CN(C)C(C)Cc1ccccc1. The van der Waals surface area contributed by atoms with Gasteiger partial charge in [0.05, 0.1) is 0 Å². The minimum absolute atomic E-state index is 0.514. The van der Waals surface area contributed by atoms with Crippen molar-refractivity contribution < 1.29 is 0 Å². The number of rotatable bonds is 4. The summed E-state index contributed by atoms with van der Waals surface area (Å²) in [6, 6.07) is 11.1. The Morgan fingerprint density at radius 1 is 1.40 bits per heavy atom. The van der Waals surface area contributed by atoms with Crippen molar-refractivity contribution in [2.75, 3.05) is 7.05 Å². The van der Waals surface area contributed by atoms with E-state index in [1.807, 2.05) is 6.92 Å². The van der Waals surface area contributed by atoms with Gasteiger partial charge in [0, 0.05) is 23.8 Å². The van der Waals surface area contributed by atoms with Crippen LogP contribution >= 0.6 is 15.9 Å². The van der Waals surface area contributed by atoms with E-state index >= 15 is 0 Å². The second-order valence-electron chi connectivity index (χ2n) is 3.92. The van der Waals surface area contributed by atoms with E-state index in [1.54, 1.807) is 0 Å². The van der Waals surface area contributed by atoms with Gasteiger partial charge in [-0.05, 0) is 25.8 Å². The molecule has 2 heteroatoms. The topological polar surface area (TPSA) is 3.24 Å². The zero-order valence-electron chi connectivity index (χ0n) is 9.57. The summed E-state index contributed by atoms with van der Waals surface area (Å²) in [7, 11) is 2.11. The van der Waals surface area contributed by atoms with E-state index in [4.69, 9.17) is 0 Å². The predicted molar refractivity (Wildman–Crippen MR) is 70.1 cm³/mol. The molecule has 1 aromatic carbocycles. The number of allylic oxidation sites excluding steroid dienone is 1. The van der Waals surface area contributed by atoms with Gasteiger partial charge in [0.25, 0.3) is 0 Å². The molecule has 1 aromatic rings. The van der Waals surface area contributed by atoms with Gasteiger partial charge in [-0.1, -0.05) is 46.3 Å². The lowest BCUT2D eigenvalue weighted by molar-refractivity contribution is 0.349. The van der Waals surface area contributed by atoms with Crippen molar-refractivity contribution in [2.24, 2.45) is 0 Å². The molecule has 0 aromatic heterocycles. The zero-order valence-corrected chi connectivity index (χ0v) is 11.2. The Kier molecular flexibility index (Phi) is 4.89. The van der Waals surface area contributed by atoms with Crippen LogP contribution < -0.4 is 0 Å². The first kappa shape index (κ1) is 12.3. The van der Waals surface area contributed by atoms with Crippen LogP contribution in [0.2, 0.25) is 0 Å². The molecule has 0 aliphatic rings. The average molecular weight is 268 g/mol. The van der Waals surface area contributed by atoms with Crippen LogP contribution in [0.15, 0.2) is 41.0 Å². The molecule has 0 saturated carbocycles. The number of nitrogens with zero attached hydrogens (tertiary/aromatic N) is 1. The number of hydrogen-bond donors (Lipinski definition) is 0. The molecule has 0 saturated heterocycles. The number of benzene rings is 1. The molecule has 0 aliphatic heterocycles. The van der Waals surface area contributed by atoms with Gasteiger partial charge in [-0.3, -0.25) is 0 Å². The number of hydrogen-bond acceptors (Lipinski definition) is 1. The van der Waals surface area contributed by atoms with Crippen LogP contribution in [-0.4, -0.2) is 18.0 Å².